The molecule has 0 spiro atoms. The van der Waals surface area contributed by atoms with E-state index in [4.69, 9.17) is 0 Å². The number of amides is 1. The lowest BCUT2D eigenvalue weighted by molar-refractivity contribution is -0.134. The summed E-state index contributed by atoms with van der Waals surface area (Å²) in [6, 6.07) is 3.86. The fourth-order valence-electron chi connectivity index (χ4n) is 2.61. The average molecular weight is 283 g/mol. The summed E-state index contributed by atoms with van der Waals surface area (Å²) in [6.45, 7) is 2.91. The maximum atomic E-state index is 13.5. The minimum absolute atomic E-state index is 0.0602. The highest BCUT2D eigenvalue weighted by molar-refractivity contribution is 5.79. The molecule has 0 aromatic heterocycles. The normalized spacial score (nSPS) is 22.9. The molecule has 20 heavy (non-hydrogen) atoms. The Kier molecular flexibility index (Phi) is 4.70. The average Bonchev–Trinajstić information content (AvgIpc) is 2.44. The zero-order valence-electron chi connectivity index (χ0n) is 11.5. The van der Waals surface area contributed by atoms with Gasteiger partial charge in [0.15, 0.2) is 11.6 Å². The minimum Gasteiger partial charge on any atom is -0.393 e. The van der Waals surface area contributed by atoms with Crippen molar-refractivity contribution < 1.29 is 18.7 Å². The summed E-state index contributed by atoms with van der Waals surface area (Å²) in [6.07, 6.45) is 0.806. The SMILES string of the molecule is CCC1CN(C(=O)Cc2cccc(F)c2F)CCC1O. The Labute approximate surface area is 117 Å². The summed E-state index contributed by atoms with van der Waals surface area (Å²) in [5.41, 5.74) is 0.0779. The van der Waals surface area contributed by atoms with Gasteiger partial charge in [-0.05, 0) is 18.9 Å². The summed E-state index contributed by atoms with van der Waals surface area (Å²) >= 11 is 0. The van der Waals surface area contributed by atoms with E-state index in [-0.39, 0.29) is 29.9 Å². The highest BCUT2D eigenvalue weighted by atomic mass is 19.2. The molecule has 1 aromatic rings. The number of nitrogens with zero attached hydrogens (tertiary/aromatic N) is 1. The molecule has 1 N–H and O–H groups in total. The lowest BCUT2D eigenvalue weighted by Crippen LogP contribution is -2.46. The maximum Gasteiger partial charge on any atom is 0.227 e. The number of hydrogen-bond acceptors (Lipinski definition) is 2. The van der Waals surface area contributed by atoms with Gasteiger partial charge in [0.1, 0.15) is 0 Å². The van der Waals surface area contributed by atoms with E-state index in [1.165, 1.54) is 12.1 Å². The molecule has 0 bridgehead atoms. The molecule has 1 aliphatic rings. The van der Waals surface area contributed by atoms with Gasteiger partial charge in [-0.25, -0.2) is 8.78 Å². The lowest BCUT2D eigenvalue weighted by atomic mass is 9.92. The second-order valence-electron chi connectivity index (χ2n) is 5.25. The molecule has 2 unspecified atom stereocenters. The smallest absolute Gasteiger partial charge is 0.227 e. The first kappa shape index (κ1) is 14.9. The standard InChI is InChI=1S/C15H19F2NO2/c1-2-10-9-18(7-6-13(10)19)14(20)8-11-4-3-5-12(16)15(11)17/h3-5,10,13,19H,2,6-9H2,1H3. The van der Waals surface area contributed by atoms with Crippen molar-refractivity contribution in [3.63, 3.8) is 0 Å². The molecule has 1 aliphatic heterocycles. The van der Waals surface area contributed by atoms with Gasteiger partial charge in [0.2, 0.25) is 5.91 Å². The Hall–Kier alpha value is -1.49. The molecule has 0 radical (unpaired) electrons. The molecule has 0 aliphatic carbocycles. The number of halogens is 2. The summed E-state index contributed by atoms with van der Waals surface area (Å²) in [7, 11) is 0. The van der Waals surface area contributed by atoms with Crippen molar-refractivity contribution in [2.24, 2.45) is 5.92 Å². The second-order valence-corrected chi connectivity index (χ2v) is 5.25. The van der Waals surface area contributed by atoms with Crippen LogP contribution in [0.5, 0.6) is 0 Å². The second kappa shape index (κ2) is 6.31. The van der Waals surface area contributed by atoms with Crippen molar-refractivity contribution in [2.75, 3.05) is 13.1 Å². The Morgan fingerprint density at radius 2 is 2.20 bits per heavy atom. The predicted molar refractivity (Wildman–Crippen MR) is 71.0 cm³/mol. The molecule has 1 heterocycles. The Balaban J connectivity index is 2.03. The van der Waals surface area contributed by atoms with Crippen molar-refractivity contribution in [1.82, 2.24) is 4.90 Å². The van der Waals surface area contributed by atoms with Gasteiger partial charge >= 0.3 is 0 Å². The van der Waals surface area contributed by atoms with E-state index < -0.39 is 11.6 Å². The van der Waals surface area contributed by atoms with Gasteiger partial charge in [0, 0.05) is 24.6 Å². The molecule has 1 amide bonds. The van der Waals surface area contributed by atoms with Crippen LogP contribution < -0.4 is 0 Å². The van der Waals surface area contributed by atoms with E-state index in [1.54, 1.807) is 4.90 Å². The fourth-order valence-corrected chi connectivity index (χ4v) is 2.61. The van der Waals surface area contributed by atoms with Crippen molar-refractivity contribution in [1.29, 1.82) is 0 Å². The van der Waals surface area contributed by atoms with E-state index in [9.17, 15) is 18.7 Å². The first-order valence-corrected chi connectivity index (χ1v) is 6.91. The Morgan fingerprint density at radius 3 is 2.90 bits per heavy atom. The van der Waals surface area contributed by atoms with E-state index in [0.29, 0.717) is 19.5 Å². The number of aliphatic hydroxyl groups is 1. The van der Waals surface area contributed by atoms with Gasteiger partial charge in [-0.2, -0.15) is 0 Å². The molecule has 2 atom stereocenters. The molecule has 3 nitrogen and oxygen atoms in total. The van der Waals surface area contributed by atoms with Crippen molar-refractivity contribution in [2.45, 2.75) is 32.3 Å². The molecular weight excluding hydrogens is 264 g/mol. The van der Waals surface area contributed by atoms with Crippen molar-refractivity contribution in [3.05, 3.63) is 35.4 Å². The number of benzene rings is 1. The molecular formula is C15H19F2NO2. The van der Waals surface area contributed by atoms with E-state index >= 15 is 0 Å². The fraction of sp³-hybridized carbons (Fsp3) is 0.533. The number of aliphatic hydroxyl groups excluding tert-OH is 1. The third-order valence-electron chi connectivity index (χ3n) is 3.94. The van der Waals surface area contributed by atoms with Crippen LogP contribution in [-0.2, 0) is 11.2 Å². The van der Waals surface area contributed by atoms with Gasteiger partial charge in [0.05, 0.1) is 12.5 Å². The number of carbonyl (C=O) groups is 1. The van der Waals surface area contributed by atoms with Gasteiger partial charge in [-0.1, -0.05) is 19.1 Å². The summed E-state index contributed by atoms with van der Waals surface area (Å²) in [5.74, 6) is -2.05. The van der Waals surface area contributed by atoms with Crippen LogP contribution in [0.3, 0.4) is 0 Å². The van der Waals surface area contributed by atoms with Gasteiger partial charge in [0.25, 0.3) is 0 Å². The molecule has 1 fully saturated rings. The van der Waals surface area contributed by atoms with Crippen LogP contribution in [0.1, 0.15) is 25.3 Å². The van der Waals surface area contributed by atoms with Crippen LogP contribution >= 0.6 is 0 Å². The van der Waals surface area contributed by atoms with Crippen LogP contribution in [0, 0.1) is 17.6 Å². The molecule has 1 aromatic carbocycles. The van der Waals surface area contributed by atoms with Gasteiger partial charge in [-0.15, -0.1) is 0 Å². The zero-order valence-corrected chi connectivity index (χ0v) is 11.5. The van der Waals surface area contributed by atoms with E-state index in [0.717, 1.165) is 12.5 Å². The quantitative estimate of drug-likeness (QED) is 0.923. The van der Waals surface area contributed by atoms with Crippen LogP contribution in [0.4, 0.5) is 8.78 Å². The van der Waals surface area contributed by atoms with Gasteiger partial charge in [-0.3, -0.25) is 4.79 Å². The summed E-state index contributed by atoms with van der Waals surface area (Å²) < 4.78 is 26.7. The maximum absolute atomic E-state index is 13.5. The largest absolute Gasteiger partial charge is 0.393 e. The highest BCUT2D eigenvalue weighted by Gasteiger charge is 2.29. The summed E-state index contributed by atoms with van der Waals surface area (Å²) in [4.78, 5) is 13.8. The Bertz CT molecular complexity index is 493. The van der Waals surface area contributed by atoms with Crippen LogP contribution in [0.25, 0.3) is 0 Å². The monoisotopic (exact) mass is 283 g/mol. The first-order valence-electron chi connectivity index (χ1n) is 6.91. The van der Waals surface area contributed by atoms with Crippen LogP contribution in [0.2, 0.25) is 0 Å². The van der Waals surface area contributed by atoms with Crippen molar-refractivity contribution in [3.8, 4) is 0 Å². The van der Waals surface area contributed by atoms with E-state index in [1.807, 2.05) is 6.92 Å². The number of piperidine rings is 1. The Morgan fingerprint density at radius 1 is 1.45 bits per heavy atom. The molecule has 2 rings (SSSR count). The number of likely N-dealkylation sites (tertiary alicyclic amines) is 1. The zero-order chi connectivity index (χ0) is 14.7. The van der Waals surface area contributed by atoms with Gasteiger partial charge < -0.3 is 10.0 Å². The number of rotatable bonds is 3. The molecule has 1 saturated heterocycles. The van der Waals surface area contributed by atoms with Crippen LogP contribution in [0.15, 0.2) is 18.2 Å². The number of hydrogen-bond donors (Lipinski definition) is 1. The number of carbonyl (C=O) groups excluding carboxylic acids is 1. The lowest BCUT2D eigenvalue weighted by Gasteiger charge is -2.35. The third-order valence-corrected chi connectivity index (χ3v) is 3.94. The topological polar surface area (TPSA) is 40.5 Å². The molecule has 110 valence electrons. The predicted octanol–water partition coefficient (Wildman–Crippen LogP) is 2.13. The molecule has 0 saturated carbocycles. The molecule has 5 heteroatoms. The minimum atomic E-state index is -0.954. The van der Waals surface area contributed by atoms with E-state index in [2.05, 4.69) is 0 Å². The summed E-state index contributed by atoms with van der Waals surface area (Å²) in [5, 5.41) is 9.79. The third kappa shape index (κ3) is 3.15. The first-order chi connectivity index (χ1) is 9.52. The van der Waals surface area contributed by atoms with Crippen molar-refractivity contribution >= 4 is 5.91 Å². The highest BCUT2D eigenvalue weighted by Crippen LogP contribution is 2.21. The van der Waals surface area contributed by atoms with Crippen LogP contribution in [-0.4, -0.2) is 35.1 Å².